The Kier molecular flexibility index (Phi) is 3.89. The summed E-state index contributed by atoms with van der Waals surface area (Å²) in [5.41, 5.74) is 0. The normalized spacial score (nSPS) is 15.1. The number of aliphatic hydroxyl groups excluding tert-OH is 1. The molecule has 0 saturated heterocycles. The first kappa shape index (κ1) is 9.91. The second-order valence-electron chi connectivity index (χ2n) is 2.71. The maximum Gasteiger partial charge on any atom is 0.147 e. The van der Waals surface area contributed by atoms with Gasteiger partial charge in [-0.15, -0.1) is 0 Å². The number of hydrogen-bond acceptors (Lipinski definition) is 3. The number of aliphatic hydroxyl groups is 1. The molecule has 0 aromatic carbocycles. The van der Waals surface area contributed by atoms with Crippen LogP contribution in [0.1, 0.15) is 13.3 Å². The number of rotatable bonds is 4. The first-order valence-electron chi connectivity index (χ1n) is 3.24. The Morgan fingerprint density at radius 2 is 2.00 bits per heavy atom. The van der Waals surface area contributed by atoms with Gasteiger partial charge in [-0.3, -0.25) is 0 Å². The van der Waals surface area contributed by atoms with Crippen LogP contribution in [-0.4, -0.2) is 32.1 Å². The van der Waals surface area contributed by atoms with E-state index < -0.39 is 9.84 Å². The lowest BCUT2D eigenvalue weighted by molar-refractivity contribution is 0.234. The van der Waals surface area contributed by atoms with Crippen molar-refractivity contribution in [3.05, 3.63) is 0 Å². The van der Waals surface area contributed by atoms with Crippen LogP contribution in [0.3, 0.4) is 0 Å². The van der Waals surface area contributed by atoms with Gasteiger partial charge in [0, 0.05) is 12.9 Å². The topological polar surface area (TPSA) is 54.4 Å². The molecule has 0 heterocycles. The highest BCUT2D eigenvalue weighted by Crippen LogP contribution is 2.01. The fourth-order valence-electron chi connectivity index (χ4n) is 0.507. The standard InChI is InChI=1S/C6H14O3S/c1-6(5-7)3-4-10(2,8)9/h6-7H,3-5H2,1-2H3. The predicted molar refractivity (Wildman–Crippen MR) is 40.6 cm³/mol. The first-order chi connectivity index (χ1) is 4.45. The molecule has 1 N–H and O–H groups in total. The number of sulfone groups is 1. The van der Waals surface area contributed by atoms with E-state index in [4.69, 9.17) is 5.11 Å². The fraction of sp³-hybridized carbons (Fsp3) is 1.00. The Labute approximate surface area is 62.0 Å². The van der Waals surface area contributed by atoms with Crippen LogP contribution in [0.25, 0.3) is 0 Å². The van der Waals surface area contributed by atoms with Crippen molar-refractivity contribution in [1.82, 2.24) is 0 Å². The Hall–Kier alpha value is -0.0900. The van der Waals surface area contributed by atoms with Crippen molar-refractivity contribution in [1.29, 1.82) is 0 Å². The highest BCUT2D eigenvalue weighted by atomic mass is 32.2. The zero-order valence-electron chi connectivity index (χ0n) is 6.37. The van der Waals surface area contributed by atoms with E-state index in [-0.39, 0.29) is 18.3 Å². The minimum absolute atomic E-state index is 0.0650. The van der Waals surface area contributed by atoms with Crippen molar-refractivity contribution < 1.29 is 13.5 Å². The smallest absolute Gasteiger partial charge is 0.147 e. The maximum absolute atomic E-state index is 10.6. The van der Waals surface area contributed by atoms with E-state index in [1.807, 2.05) is 6.92 Å². The highest BCUT2D eigenvalue weighted by molar-refractivity contribution is 7.90. The summed E-state index contributed by atoms with van der Waals surface area (Å²) in [5, 5.41) is 8.54. The molecule has 0 saturated carbocycles. The lowest BCUT2D eigenvalue weighted by Crippen LogP contribution is -2.09. The molecular formula is C6H14O3S. The Morgan fingerprint density at radius 1 is 1.50 bits per heavy atom. The molecule has 0 aromatic rings. The largest absolute Gasteiger partial charge is 0.396 e. The minimum Gasteiger partial charge on any atom is -0.396 e. The molecule has 0 fully saturated rings. The van der Waals surface area contributed by atoms with Gasteiger partial charge in [-0.25, -0.2) is 8.42 Å². The minimum atomic E-state index is -2.84. The van der Waals surface area contributed by atoms with Gasteiger partial charge < -0.3 is 5.11 Å². The SMILES string of the molecule is CC(CO)CCS(C)(=O)=O. The zero-order valence-corrected chi connectivity index (χ0v) is 7.19. The summed E-state index contributed by atoms with van der Waals surface area (Å²) in [4.78, 5) is 0. The molecule has 0 amide bonds. The van der Waals surface area contributed by atoms with Gasteiger partial charge in [-0.1, -0.05) is 6.92 Å². The molecule has 0 aromatic heterocycles. The van der Waals surface area contributed by atoms with Gasteiger partial charge in [0.25, 0.3) is 0 Å². The molecule has 0 aliphatic heterocycles. The van der Waals surface area contributed by atoms with Crippen LogP contribution in [0.4, 0.5) is 0 Å². The van der Waals surface area contributed by atoms with E-state index in [1.165, 1.54) is 6.26 Å². The van der Waals surface area contributed by atoms with Gasteiger partial charge in [-0.2, -0.15) is 0 Å². The van der Waals surface area contributed by atoms with Crippen molar-refractivity contribution in [3.8, 4) is 0 Å². The molecule has 1 unspecified atom stereocenters. The summed E-state index contributed by atoms with van der Waals surface area (Å²) >= 11 is 0. The Bertz CT molecular complexity index is 171. The van der Waals surface area contributed by atoms with E-state index in [2.05, 4.69) is 0 Å². The zero-order chi connectivity index (χ0) is 8.20. The lowest BCUT2D eigenvalue weighted by atomic mass is 10.1. The van der Waals surface area contributed by atoms with Crippen LogP contribution in [0, 0.1) is 5.92 Å². The first-order valence-corrected chi connectivity index (χ1v) is 5.30. The lowest BCUT2D eigenvalue weighted by Gasteiger charge is -2.04. The molecule has 3 nitrogen and oxygen atoms in total. The average Bonchev–Trinajstić information content (AvgIpc) is 1.81. The molecule has 10 heavy (non-hydrogen) atoms. The monoisotopic (exact) mass is 166 g/mol. The Morgan fingerprint density at radius 3 is 2.30 bits per heavy atom. The maximum atomic E-state index is 10.6. The third-order valence-electron chi connectivity index (χ3n) is 1.29. The highest BCUT2D eigenvalue weighted by Gasteiger charge is 2.05. The average molecular weight is 166 g/mol. The molecule has 0 aliphatic carbocycles. The third kappa shape index (κ3) is 6.04. The van der Waals surface area contributed by atoms with Crippen LogP contribution in [-0.2, 0) is 9.84 Å². The van der Waals surface area contributed by atoms with Crippen molar-refractivity contribution in [2.75, 3.05) is 18.6 Å². The molecule has 0 bridgehead atoms. The summed E-state index contributed by atoms with van der Waals surface area (Å²) in [6.07, 6.45) is 1.76. The molecule has 0 aliphatic rings. The summed E-state index contributed by atoms with van der Waals surface area (Å²) in [5.74, 6) is 0.268. The van der Waals surface area contributed by atoms with Gasteiger partial charge in [0.1, 0.15) is 9.84 Å². The third-order valence-corrected chi connectivity index (χ3v) is 2.27. The molecular weight excluding hydrogens is 152 g/mol. The molecule has 0 radical (unpaired) electrons. The van der Waals surface area contributed by atoms with E-state index in [9.17, 15) is 8.42 Å². The van der Waals surface area contributed by atoms with Gasteiger partial charge in [0.2, 0.25) is 0 Å². The summed E-state index contributed by atoms with van der Waals surface area (Å²) in [6.45, 7) is 1.89. The van der Waals surface area contributed by atoms with Crippen LogP contribution in [0.15, 0.2) is 0 Å². The molecule has 62 valence electrons. The molecule has 0 spiro atoms. The summed E-state index contributed by atoms with van der Waals surface area (Å²) in [6, 6.07) is 0. The number of hydrogen-bond donors (Lipinski definition) is 1. The summed E-state index contributed by atoms with van der Waals surface area (Å²) in [7, 11) is -2.84. The van der Waals surface area contributed by atoms with E-state index in [0.29, 0.717) is 6.42 Å². The molecule has 4 heteroatoms. The van der Waals surface area contributed by atoms with Crippen LogP contribution < -0.4 is 0 Å². The summed E-state index contributed by atoms with van der Waals surface area (Å²) < 4.78 is 21.1. The van der Waals surface area contributed by atoms with Crippen molar-refractivity contribution in [2.24, 2.45) is 5.92 Å². The predicted octanol–water partition coefficient (Wildman–Crippen LogP) is 0.0495. The van der Waals surface area contributed by atoms with Crippen LogP contribution in [0.5, 0.6) is 0 Å². The van der Waals surface area contributed by atoms with Gasteiger partial charge in [-0.05, 0) is 12.3 Å². The van der Waals surface area contributed by atoms with Crippen molar-refractivity contribution in [3.63, 3.8) is 0 Å². The second kappa shape index (κ2) is 3.93. The fourth-order valence-corrected chi connectivity index (χ4v) is 1.34. The van der Waals surface area contributed by atoms with E-state index in [0.717, 1.165) is 0 Å². The van der Waals surface area contributed by atoms with E-state index in [1.54, 1.807) is 0 Å². The van der Waals surface area contributed by atoms with Gasteiger partial charge >= 0.3 is 0 Å². The van der Waals surface area contributed by atoms with E-state index >= 15 is 0 Å². The second-order valence-corrected chi connectivity index (χ2v) is 4.97. The molecule has 0 rings (SSSR count). The quantitative estimate of drug-likeness (QED) is 0.642. The van der Waals surface area contributed by atoms with Crippen LogP contribution in [0.2, 0.25) is 0 Å². The molecule has 1 atom stereocenters. The van der Waals surface area contributed by atoms with Gasteiger partial charge in [0.05, 0.1) is 5.75 Å². The Balaban J connectivity index is 3.56. The van der Waals surface area contributed by atoms with Crippen LogP contribution >= 0.6 is 0 Å². The van der Waals surface area contributed by atoms with Gasteiger partial charge in [0.15, 0.2) is 0 Å². The van der Waals surface area contributed by atoms with Crippen molar-refractivity contribution in [2.45, 2.75) is 13.3 Å². The van der Waals surface area contributed by atoms with Crippen molar-refractivity contribution >= 4 is 9.84 Å².